The average molecular weight is 196 g/mol. The molecule has 0 aliphatic heterocycles. The molecule has 2 saturated carbocycles. The maximum absolute atomic E-state index is 2.51. The molecule has 0 atom stereocenters. The van der Waals surface area contributed by atoms with E-state index in [0.717, 1.165) is 17.8 Å². The SMILES string of the molecule is CC.CC1CC(C(C)(C)C2CCC2)C1. The van der Waals surface area contributed by atoms with Crippen LogP contribution in [0.5, 0.6) is 0 Å². The van der Waals surface area contributed by atoms with E-state index in [9.17, 15) is 0 Å². The van der Waals surface area contributed by atoms with Crippen LogP contribution in [-0.4, -0.2) is 0 Å². The van der Waals surface area contributed by atoms with Gasteiger partial charge >= 0.3 is 0 Å². The van der Waals surface area contributed by atoms with Crippen molar-refractivity contribution in [3.8, 4) is 0 Å². The third-order valence-corrected chi connectivity index (χ3v) is 4.58. The Bertz CT molecular complexity index is 159. The predicted molar refractivity (Wildman–Crippen MR) is 64.4 cm³/mol. The molecule has 2 fully saturated rings. The first-order valence-electron chi connectivity index (χ1n) is 6.60. The lowest BCUT2D eigenvalue weighted by Gasteiger charge is -2.51. The maximum atomic E-state index is 2.51. The molecular formula is C14H28. The Morgan fingerprint density at radius 3 is 1.71 bits per heavy atom. The van der Waals surface area contributed by atoms with Gasteiger partial charge in [0.25, 0.3) is 0 Å². The predicted octanol–water partition coefficient (Wildman–Crippen LogP) is 4.89. The fraction of sp³-hybridized carbons (Fsp3) is 1.00. The van der Waals surface area contributed by atoms with E-state index in [4.69, 9.17) is 0 Å². The Morgan fingerprint density at radius 2 is 1.43 bits per heavy atom. The van der Waals surface area contributed by atoms with Gasteiger partial charge < -0.3 is 0 Å². The van der Waals surface area contributed by atoms with E-state index in [-0.39, 0.29) is 0 Å². The molecule has 0 aromatic rings. The molecule has 0 N–H and O–H groups in total. The van der Waals surface area contributed by atoms with Crippen molar-refractivity contribution in [2.24, 2.45) is 23.2 Å². The molecule has 0 radical (unpaired) electrons. The van der Waals surface area contributed by atoms with E-state index in [1.165, 1.54) is 32.1 Å². The highest BCUT2D eigenvalue weighted by molar-refractivity contribution is 4.94. The third kappa shape index (κ3) is 2.15. The molecule has 0 heterocycles. The average Bonchev–Trinajstić information content (AvgIpc) is 1.98. The molecule has 14 heavy (non-hydrogen) atoms. The Morgan fingerprint density at radius 1 is 0.929 bits per heavy atom. The first-order valence-corrected chi connectivity index (χ1v) is 6.60. The van der Waals surface area contributed by atoms with E-state index >= 15 is 0 Å². The fourth-order valence-electron chi connectivity index (χ4n) is 3.00. The van der Waals surface area contributed by atoms with Gasteiger partial charge in [-0.05, 0) is 48.9 Å². The van der Waals surface area contributed by atoms with Gasteiger partial charge in [0.05, 0.1) is 0 Å². The van der Waals surface area contributed by atoms with Crippen LogP contribution in [-0.2, 0) is 0 Å². The summed E-state index contributed by atoms with van der Waals surface area (Å²) in [7, 11) is 0. The summed E-state index contributed by atoms with van der Waals surface area (Å²) in [5, 5.41) is 0. The minimum Gasteiger partial charge on any atom is -0.0683 e. The summed E-state index contributed by atoms with van der Waals surface area (Å²) >= 11 is 0. The van der Waals surface area contributed by atoms with Gasteiger partial charge in [-0.3, -0.25) is 0 Å². The normalized spacial score (nSPS) is 32.4. The van der Waals surface area contributed by atoms with Gasteiger partial charge in [-0.25, -0.2) is 0 Å². The summed E-state index contributed by atoms with van der Waals surface area (Å²) in [6.45, 7) is 11.4. The summed E-state index contributed by atoms with van der Waals surface area (Å²) in [5.41, 5.74) is 0.671. The molecule has 0 aromatic heterocycles. The van der Waals surface area contributed by atoms with Crippen LogP contribution < -0.4 is 0 Å². The van der Waals surface area contributed by atoms with Crippen molar-refractivity contribution < 1.29 is 0 Å². The van der Waals surface area contributed by atoms with Crippen LogP contribution in [0, 0.1) is 23.2 Å². The lowest BCUT2D eigenvalue weighted by Crippen LogP contribution is -2.42. The van der Waals surface area contributed by atoms with Gasteiger partial charge in [-0.15, -0.1) is 0 Å². The molecule has 2 aliphatic rings. The molecule has 0 nitrogen and oxygen atoms in total. The Kier molecular flexibility index (Phi) is 4.04. The van der Waals surface area contributed by atoms with Crippen LogP contribution in [0.25, 0.3) is 0 Å². The molecule has 2 rings (SSSR count). The second-order valence-corrected chi connectivity index (χ2v) is 5.72. The van der Waals surface area contributed by atoms with Crippen molar-refractivity contribution in [3.63, 3.8) is 0 Å². The smallest absolute Gasteiger partial charge is 0.0297 e. The quantitative estimate of drug-likeness (QED) is 0.590. The van der Waals surface area contributed by atoms with Crippen molar-refractivity contribution >= 4 is 0 Å². The highest BCUT2D eigenvalue weighted by atomic mass is 14.5. The zero-order valence-corrected chi connectivity index (χ0v) is 10.8. The number of hydrogen-bond donors (Lipinski definition) is 0. The van der Waals surface area contributed by atoms with Gasteiger partial charge in [0.2, 0.25) is 0 Å². The number of rotatable bonds is 2. The van der Waals surface area contributed by atoms with E-state index in [2.05, 4.69) is 20.8 Å². The zero-order chi connectivity index (χ0) is 10.8. The molecule has 0 unspecified atom stereocenters. The summed E-state index contributed by atoms with van der Waals surface area (Å²) < 4.78 is 0. The second kappa shape index (κ2) is 4.68. The van der Waals surface area contributed by atoms with Crippen LogP contribution >= 0.6 is 0 Å². The Balaban J connectivity index is 0.000000461. The van der Waals surface area contributed by atoms with Crippen molar-refractivity contribution in [1.29, 1.82) is 0 Å². The van der Waals surface area contributed by atoms with E-state index in [1.54, 1.807) is 0 Å². The van der Waals surface area contributed by atoms with Crippen LogP contribution in [0.15, 0.2) is 0 Å². The molecule has 0 bridgehead atoms. The minimum atomic E-state index is 0.671. The molecule has 84 valence electrons. The summed E-state index contributed by atoms with van der Waals surface area (Å²) in [4.78, 5) is 0. The van der Waals surface area contributed by atoms with Gasteiger partial charge in [-0.1, -0.05) is 41.0 Å². The number of hydrogen-bond acceptors (Lipinski definition) is 0. The van der Waals surface area contributed by atoms with Crippen molar-refractivity contribution in [2.45, 2.75) is 66.7 Å². The topological polar surface area (TPSA) is 0 Å². The lowest BCUT2D eigenvalue weighted by atomic mass is 9.54. The first-order chi connectivity index (χ1) is 6.60. The van der Waals surface area contributed by atoms with Gasteiger partial charge in [0.1, 0.15) is 0 Å². The van der Waals surface area contributed by atoms with E-state index in [0.29, 0.717) is 5.41 Å². The molecule has 0 amide bonds. The molecule has 0 spiro atoms. The lowest BCUT2D eigenvalue weighted by molar-refractivity contribution is -0.0114. The molecular weight excluding hydrogens is 168 g/mol. The summed E-state index contributed by atoms with van der Waals surface area (Å²) in [5.74, 6) is 3.14. The highest BCUT2D eigenvalue weighted by Gasteiger charge is 2.44. The molecule has 0 heteroatoms. The van der Waals surface area contributed by atoms with Gasteiger partial charge in [0.15, 0.2) is 0 Å². The largest absolute Gasteiger partial charge is 0.0683 e. The first kappa shape index (κ1) is 12.1. The van der Waals surface area contributed by atoms with Gasteiger partial charge in [-0.2, -0.15) is 0 Å². The second-order valence-electron chi connectivity index (χ2n) is 5.72. The van der Waals surface area contributed by atoms with Gasteiger partial charge in [0, 0.05) is 0 Å². The van der Waals surface area contributed by atoms with Crippen molar-refractivity contribution in [1.82, 2.24) is 0 Å². The summed E-state index contributed by atoms with van der Waals surface area (Å²) in [6.07, 6.45) is 7.53. The van der Waals surface area contributed by atoms with Crippen LogP contribution in [0.1, 0.15) is 66.7 Å². The van der Waals surface area contributed by atoms with E-state index < -0.39 is 0 Å². The summed E-state index contributed by atoms with van der Waals surface area (Å²) in [6, 6.07) is 0. The monoisotopic (exact) mass is 196 g/mol. The molecule has 0 saturated heterocycles. The molecule has 0 aromatic carbocycles. The Labute approximate surface area is 90.5 Å². The zero-order valence-electron chi connectivity index (χ0n) is 10.8. The fourth-order valence-corrected chi connectivity index (χ4v) is 3.00. The van der Waals surface area contributed by atoms with Crippen molar-refractivity contribution in [2.75, 3.05) is 0 Å². The third-order valence-electron chi connectivity index (χ3n) is 4.58. The van der Waals surface area contributed by atoms with Crippen LogP contribution in [0.3, 0.4) is 0 Å². The standard InChI is InChI=1S/C12H22.C2H6/c1-9-7-11(8-9)12(2,3)10-5-4-6-10;1-2/h9-11H,4-8H2,1-3H3;1-2H3. The maximum Gasteiger partial charge on any atom is -0.0297 e. The van der Waals surface area contributed by atoms with Crippen molar-refractivity contribution in [3.05, 3.63) is 0 Å². The minimum absolute atomic E-state index is 0.671. The van der Waals surface area contributed by atoms with Crippen LogP contribution in [0.2, 0.25) is 0 Å². The Hall–Kier alpha value is 0. The highest BCUT2D eigenvalue weighted by Crippen LogP contribution is 2.54. The van der Waals surface area contributed by atoms with Crippen LogP contribution in [0.4, 0.5) is 0 Å². The van der Waals surface area contributed by atoms with E-state index in [1.807, 2.05) is 13.8 Å². The molecule has 2 aliphatic carbocycles.